The number of benzene rings is 1. The summed E-state index contributed by atoms with van der Waals surface area (Å²) in [6, 6.07) is 6.05. The fraction of sp³-hybridized carbons (Fsp3) is 0.231. The van der Waals surface area contributed by atoms with E-state index in [0.717, 1.165) is 11.8 Å². The number of Topliss-reactive ketones (excluding diaryl/α,β-unsaturated/α-hetero) is 1. The molecule has 0 aliphatic heterocycles. The van der Waals surface area contributed by atoms with Crippen LogP contribution in [0.25, 0.3) is 0 Å². The van der Waals surface area contributed by atoms with Crippen molar-refractivity contribution in [3.63, 3.8) is 0 Å². The molecule has 0 aliphatic rings. The summed E-state index contributed by atoms with van der Waals surface area (Å²) in [6.45, 7) is 0. The fourth-order valence-corrected chi connectivity index (χ4v) is 2.42. The summed E-state index contributed by atoms with van der Waals surface area (Å²) in [5, 5.41) is 2.51. The SMILES string of the molecule is Cn1[nH]c(=O)c(=O)nc1SCC(=O)Cc1ccccc1F. The topological polar surface area (TPSA) is 84.8 Å². The van der Waals surface area contributed by atoms with E-state index in [1.165, 1.54) is 17.8 Å². The van der Waals surface area contributed by atoms with Crippen LogP contribution in [0.5, 0.6) is 0 Å². The number of thioether (sulfide) groups is 1. The third kappa shape index (κ3) is 3.88. The lowest BCUT2D eigenvalue weighted by atomic mass is 10.1. The van der Waals surface area contributed by atoms with Crippen LogP contribution >= 0.6 is 11.8 Å². The van der Waals surface area contributed by atoms with Crippen molar-refractivity contribution in [2.45, 2.75) is 11.6 Å². The lowest BCUT2D eigenvalue weighted by Gasteiger charge is -2.05. The highest BCUT2D eigenvalue weighted by Crippen LogP contribution is 2.14. The van der Waals surface area contributed by atoms with Crippen LogP contribution in [0.2, 0.25) is 0 Å². The van der Waals surface area contributed by atoms with Crippen LogP contribution in [0.15, 0.2) is 39.0 Å². The fourth-order valence-electron chi connectivity index (χ4n) is 1.64. The Morgan fingerprint density at radius 2 is 2.10 bits per heavy atom. The molecule has 1 N–H and O–H groups in total. The number of aryl methyl sites for hydroxylation is 1. The Balaban J connectivity index is 2.02. The molecular formula is C13H12FN3O3S. The number of nitrogens with zero attached hydrogens (tertiary/aromatic N) is 2. The van der Waals surface area contributed by atoms with Crippen LogP contribution in [-0.4, -0.2) is 26.3 Å². The minimum absolute atomic E-state index is 0.0284. The Morgan fingerprint density at radius 1 is 1.38 bits per heavy atom. The molecule has 1 aromatic heterocycles. The zero-order valence-corrected chi connectivity index (χ0v) is 11.9. The van der Waals surface area contributed by atoms with Crippen molar-refractivity contribution in [1.29, 1.82) is 0 Å². The molecule has 0 atom stereocenters. The van der Waals surface area contributed by atoms with Gasteiger partial charge in [0, 0.05) is 13.5 Å². The molecule has 0 aliphatic carbocycles. The van der Waals surface area contributed by atoms with Gasteiger partial charge in [-0.1, -0.05) is 30.0 Å². The molecule has 21 heavy (non-hydrogen) atoms. The first-order valence-electron chi connectivity index (χ1n) is 6.02. The number of H-pyrrole nitrogens is 1. The van der Waals surface area contributed by atoms with E-state index in [2.05, 4.69) is 10.1 Å². The molecule has 0 fully saturated rings. The number of ketones is 1. The molecule has 110 valence electrons. The molecule has 0 unspecified atom stereocenters. The smallest absolute Gasteiger partial charge is 0.298 e. The summed E-state index contributed by atoms with van der Waals surface area (Å²) in [5.41, 5.74) is -1.40. The van der Waals surface area contributed by atoms with Gasteiger partial charge in [0.15, 0.2) is 5.16 Å². The van der Waals surface area contributed by atoms with Crippen molar-refractivity contribution in [2.75, 3.05) is 5.75 Å². The predicted molar refractivity (Wildman–Crippen MR) is 75.9 cm³/mol. The van der Waals surface area contributed by atoms with Crippen LogP contribution in [0, 0.1) is 5.82 Å². The lowest BCUT2D eigenvalue weighted by molar-refractivity contribution is -0.116. The molecule has 0 saturated carbocycles. The van der Waals surface area contributed by atoms with E-state index >= 15 is 0 Å². The zero-order valence-electron chi connectivity index (χ0n) is 11.1. The number of aromatic nitrogens is 3. The normalized spacial score (nSPS) is 10.6. The van der Waals surface area contributed by atoms with E-state index in [1.54, 1.807) is 18.2 Å². The van der Waals surface area contributed by atoms with Gasteiger partial charge in [0.25, 0.3) is 0 Å². The number of hydrogen-bond acceptors (Lipinski definition) is 5. The summed E-state index contributed by atoms with van der Waals surface area (Å²) >= 11 is 1.01. The summed E-state index contributed by atoms with van der Waals surface area (Å²) in [7, 11) is 1.51. The molecule has 0 radical (unpaired) electrons. The Morgan fingerprint density at radius 3 is 2.81 bits per heavy atom. The zero-order chi connectivity index (χ0) is 15.4. The van der Waals surface area contributed by atoms with Crippen LogP contribution < -0.4 is 11.1 Å². The average molecular weight is 309 g/mol. The minimum atomic E-state index is -0.905. The molecule has 0 saturated heterocycles. The first-order valence-corrected chi connectivity index (χ1v) is 7.01. The highest BCUT2D eigenvalue weighted by atomic mass is 32.2. The van der Waals surface area contributed by atoms with Gasteiger partial charge in [0.05, 0.1) is 5.75 Å². The third-order valence-electron chi connectivity index (χ3n) is 2.66. The van der Waals surface area contributed by atoms with Gasteiger partial charge in [-0.15, -0.1) is 0 Å². The van der Waals surface area contributed by atoms with Gasteiger partial charge in [0.2, 0.25) is 0 Å². The number of hydrogen-bond donors (Lipinski definition) is 1. The van der Waals surface area contributed by atoms with Gasteiger partial charge in [0.1, 0.15) is 11.6 Å². The van der Waals surface area contributed by atoms with E-state index in [1.807, 2.05) is 0 Å². The summed E-state index contributed by atoms with van der Waals surface area (Å²) < 4.78 is 14.7. The number of carbonyl (C=O) groups is 1. The second kappa shape index (κ2) is 6.49. The average Bonchev–Trinajstić information content (AvgIpc) is 2.44. The quantitative estimate of drug-likeness (QED) is 0.642. The molecule has 1 heterocycles. The highest BCUT2D eigenvalue weighted by molar-refractivity contribution is 7.99. The number of carbonyl (C=O) groups excluding carboxylic acids is 1. The summed E-state index contributed by atoms with van der Waals surface area (Å²) in [4.78, 5) is 37.6. The van der Waals surface area contributed by atoms with Crippen molar-refractivity contribution in [2.24, 2.45) is 7.05 Å². The number of rotatable bonds is 5. The Hall–Kier alpha value is -2.22. The van der Waals surface area contributed by atoms with E-state index in [9.17, 15) is 18.8 Å². The molecule has 0 spiro atoms. The Kier molecular flexibility index (Phi) is 4.69. The van der Waals surface area contributed by atoms with Crippen molar-refractivity contribution in [1.82, 2.24) is 14.8 Å². The molecule has 1 aromatic carbocycles. The van der Waals surface area contributed by atoms with E-state index in [0.29, 0.717) is 5.56 Å². The molecule has 2 rings (SSSR count). The first-order chi connectivity index (χ1) is 9.97. The van der Waals surface area contributed by atoms with E-state index in [-0.39, 0.29) is 23.1 Å². The minimum Gasteiger partial charge on any atom is -0.298 e. The van der Waals surface area contributed by atoms with Crippen molar-refractivity contribution >= 4 is 17.5 Å². The molecule has 8 heteroatoms. The molecule has 2 aromatic rings. The number of halogens is 1. The van der Waals surface area contributed by atoms with E-state index < -0.39 is 16.9 Å². The van der Waals surface area contributed by atoms with Crippen LogP contribution in [0.4, 0.5) is 4.39 Å². The summed E-state index contributed by atoms with van der Waals surface area (Å²) in [5.74, 6) is -0.600. The van der Waals surface area contributed by atoms with Gasteiger partial charge < -0.3 is 0 Å². The first kappa shape index (κ1) is 15.2. The van der Waals surface area contributed by atoms with E-state index in [4.69, 9.17) is 0 Å². The molecule has 6 nitrogen and oxygen atoms in total. The number of aromatic amines is 1. The van der Waals surface area contributed by atoms with Crippen LogP contribution in [-0.2, 0) is 18.3 Å². The molecule has 0 amide bonds. The molecular weight excluding hydrogens is 297 g/mol. The maximum Gasteiger partial charge on any atom is 0.339 e. The second-order valence-corrected chi connectivity index (χ2v) is 5.24. The van der Waals surface area contributed by atoms with Gasteiger partial charge >= 0.3 is 11.1 Å². The predicted octanol–water partition coefficient (Wildman–Crippen LogP) is 0.512. The van der Waals surface area contributed by atoms with Crippen LogP contribution in [0.3, 0.4) is 0 Å². The van der Waals surface area contributed by atoms with Gasteiger partial charge in [-0.3, -0.25) is 24.2 Å². The van der Waals surface area contributed by atoms with Crippen molar-refractivity contribution < 1.29 is 9.18 Å². The summed E-state index contributed by atoms with van der Waals surface area (Å²) in [6.07, 6.45) is -0.0308. The Labute approximate surface area is 123 Å². The van der Waals surface area contributed by atoms with Gasteiger partial charge in [-0.2, -0.15) is 4.98 Å². The standard InChI is InChI=1S/C13H12FN3O3S/c1-17-13(15-11(19)12(20)16-17)21-7-9(18)6-8-4-2-3-5-10(8)14/h2-5H,6-7H2,1H3,(H,16,20). The maximum absolute atomic E-state index is 13.4. The highest BCUT2D eigenvalue weighted by Gasteiger charge is 2.11. The third-order valence-corrected chi connectivity index (χ3v) is 3.74. The Bertz CT molecular complexity index is 785. The largest absolute Gasteiger partial charge is 0.339 e. The van der Waals surface area contributed by atoms with Gasteiger partial charge in [-0.25, -0.2) is 4.39 Å². The van der Waals surface area contributed by atoms with Crippen molar-refractivity contribution in [3.05, 3.63) is 56.4 Å². The lowest BCUT2D eigenvalue weighted by Crippen LogP contribution is -2.34. The number of nitrogens with one attached hydrogen (secondary N) is 1. The van der Waals surface area contributed by atoms with Crippen molar-refractivity contribution in [3.8, 4) is 0 Å². The second-order valence-electron chi connectivity index (χ2n) is 4.30. The monoisotopic (exact) mass is 309 g/mol. The van der Waals surface area contributed by atoms with Gasteiger partial charge in [-0.05, 0) is 11.6 Å². The van der Waals surface area contributed by atoms with Crippen LogP contribution in [0.1, 0.15) is 5.56 Å². The maximum atomic E-state index is 13.4. The molecule has 0 bridgehead atoms.